The summed E-state index contributed by atoms with van der Waals surface area (Å²) in [6.45, 7) is 0. The molecule has 6 heteroatoms. The number of carbonyl (C=O) groups excluding carboxylic acids is 1. The first-order chi connectivity index (χ1) is 15.2. The fourth-order valence-electron chi connectivity index (χ4n) is 3.46. The Bertz CT molecular complexity index is 1130. The monoisotopic (exact) mass is 414 g/mol. The SMILES string of the molecule is COc1cc(C=C2N=C(c3ccccc3)N(c3ccccc3)C2=O)cc(OC)c1OC. The van der Waals surface area contributed by atoms with Crippen LogP contribution in [0.3, 0.4) is 0 Å². The number of para-hydroxylation sites is 1. The van der Waals surface area contributed by atoms with Gasteiger partial charge in [0.2, 0.25) is 5.75 Å². The number of methoxy groups -OCH3 is 3. The summed E-state index contributed by atoms with van der Waals surface area (Å²) < 4.78 is 16.2. The summed E-state index contributed by atoms with van der Waals surface area (Å²) >= 11 is 0. The summed E-state index contributed by atoms with van der Waals surface area (Å²) in [5.74, 6) is 1.87. The molecule has 156 valence electrons. The van der Waals surface area contributed by atoms with Gasteiger partial charge in [0.15, 0.2) is 11.5 Å². The number of amidine groups is 1. The Morgan fingerprint density at radius 2 is 1.39 bits per heavy atom. The molecule has 3 aromatic rings. The van der Waals surface area contributed by atoms with Gasteiger partial charge in [-0.2, -0.15) is 0 Å². The maximum atomic E-state index is 13.4. The van der Waals surface area contributed by atoms with Gasteiger partial charge in [0.05, 0.1) is 27.0 Å². The van der Waals surface area contributed by atoms with E-state index in [9.17, 15) is 4.79 Å². The Kier molecular flexibility index (Phi) is 5.71. The van der Waals surface area contributed by atoms with E-state index < -0.39 is 0 Å². The largest absolute Gasteiger partial charge is 0.493 e. The Balaban J connectivity index is 1.83. The minimum absolute atomic E-state index is 0.209. The maximum absolute atomic E-state index is 13.4. The van der Waals surface area contributed by atoms with Crippen molar-refractivity contribution < 1.29 is 19.0 Å². The first-order valence-corrected chi connectivity index (χ1v) is 9.71. The van der Waals surface area contributed by atoms with Gasteiger partial charge < -0.3 is 14.2 Å². The van der Waals surface area contributed by atoms with Crippen LogP contribution in [-0.4, -0.2) is 33.1 Å². The molecule has 0 saturated carbocycles. The lowest BCUT2D eigenvalue weighted by atomic mass is 10.1. The molecule has 0 N–H and O–H groups in total. The van der Waals surface area contributed by atoms with Crippen molar-refractivity contribution in [1.82, 2.24) is 0 Å². The third-order valence-corrected chi connectivity index (χ3v) is 4.90. The normalized spacial score (nSPS) is 14.5. The molecule has 0 saturated heterocycles. The first-order valence-electron chi connectivity index (χ1n) is 9.71. The lowest BCUT2D eigenvalue weighted by Gasteiger charge is -2.18. The van der Waals surface area contributed by atoms with Crippen LogP contribution in [0.1, 0.15) is 11.1 Å². The van der Waals surface area contributed by atoms with Crippen molar-refractivity contribution in [2.24, 2.45) is 4.99 Å². The summed E-state index contributed by atoms with van der Waals surface area (Å²) in [5.41, 5.74) is 2.64. The van der Waals surface area contributed by atoms with Crippen molar-refractivity contribution in [2.75, 3.05) is 26.2 Å². The quantitative estimate of drug-likeness (QED) is 0.556. The van der Waals surface area contributed by atoms with Crippen molar-refractivity contribution in [3.8, 4) is 17.2 Å². The summed E-state index contributed by atoms with van der Waals surface area (Å²) in [4.78, 5) is 19.7. The molecular formula is C25H22N2O4. The summed E-state index contributed by atoms with van der Waals surface area (Å²) in [6.07, 6.45) is 1.72. The molecule has 0 unspecified atom stereocenters. The van der Waals surface area contributed by atoms with Crippen LogP contribution in [0.2, 0.25) is 0 Å². The topological polar surface area (TPSA) is 60.4 Å². The van der Waals surface area contributed by atoms with Crippen LogP contribution in [0.4, 0.5) is 5.69 Å². The molecule has 31 heavy (non-hydrogen) atoms. The number of amides is 1. The zero-order valence-electron chi connectivity index (χ0n) is 17.5. The Morgan fingerprint density at radius 3 is 1.94 bits per heavy atom. The van der Waals surface area contributed by atoms with Gasteiger partial charge in [0.25, 0.3) is 5.91 Å². The molecule has 1 amide bonds. The van der Waals surface area contributed by atoms with E-state index in [0.717, 1.165) is 11.3 Å². The molecule has 0 aliphatic carbocycles. The first kappa shape index (κ1) is 20.2. The average Bonchev–Trinajstić information content (AvgIpc) is 3.15. The van der Waals surface area contributed by atoms with Crippen LogP contribution in [0.5, 0.6) is 17.2 Å². The highest BCUT2D eigenvalue weighted by atomic mass is 16.5. The van der Waals surface area contributed by atoms with E-state index in [1.807, 2.05) is 60.7 Å². The van der Waals surface area contributed by atoms with E-state index in [2.05, 4.69) is 4.99 Å². The second-order valence-corrected chi connectivity index (χ2v) is 6.77. The van der Waals surface area contributed by atoms with Crippen LogP contribution in [-0.2, 0) is 4.79 Å². The second kappa shape index (κ2) is 8.75. The smallest absolute Gasteiger partial charge is 0.282 e. The third kappa shape index (κ3) is 3.88. The molecular weight excluding hydrogens is 392 g/mol. The third-order valence-electron chi connectivity index (χ3n) is 4.90. The number of nitrogens with zero attached hydrogens (tertiary/aromatic N) is 2. The van der Waals surface area contributed by atoms with Crippen molar-refractivity contribution >= 4 is 23.5 Å². The fourth-order valence-corrected chi connectivity index (χ4v) is 3.46. The van der Waals surface area contributed by atoms with Crippen LogP contribution in [0.15, 0.2) is 83.5 Å². The van der Waals surface area contributed by atoms with Crippen molar-refractivity contribution in [3.05, 3.63) is 89.6 Å². The fraction of sp³-hybridized carbons (Fsp3) is 0.120. The van der Waals surface area contributed by atoms with Crippen molar-refractivity contribution in [1.29, 1.82) is 0 Å². The minimum atomic E-state index is -0.209. The Hall–Kier alpha value is -4.06. The van der Waals surface area contributed by atoms with Gasteiger partial charge in [-0.05, 0) is 35.9 Å². The number of benzene rings is 3. The van der Waals surface area contributed by atoms with Crippen LogP contribution >= 0.6 is 0 Å². The van der Waals surface area contributed by atoms with E-state index in [-0.39, 0.29) is 5.91 Å². The Labute approximate surface area is 181 Å². The van der Waals surface area contributed by atoms with Crippen LogP contribution < -0.4 is 19.1 Å². The zero-order valence-corrected chi connectivity index (χ0v) is 17.5. The molecule has 6 nitrogen and oxygen atoms in total. The number of anilines is 1. The van der Waals surface area contributed by atoms with E-state index in [1.54, 1.807) is 44.4 Å². The van der Waals surface area contributed by atoms with Crippen LogP contribution in [0.25, 0.3) is 6.08 Å². The number of hydrogen-bond acceptors (Lipinski definition) is 5. The van der Waals surface area contributed by atoms with Gasteiger partial charge in [0, 0.05) is 5.56 Å². The molecule has 0 radical (unpaired) electrons. The molecule has 3 aromatic carbocycles. The number of rotatable bonds is 6. The molecule has 1 aliphatic heterocycles. The van der Waals surface area contributed by atoms with Gasteiger partial charge in [-0.15, -0.1) is 0 Å². The standard InChI is InChI=1S/C25H22N2O4/c1-29-21-15-17(16-22(30-2)23(21)31-3)14-20-25(28)27(19-12-8-5-9-13-19)24(26-20)18-10-6-4-7-11-18/h4-16H,1-3H3. The summed E-state index contributed by atoms with van der Waals surface area (Å²) in [6, 6.07) is 22.7. The van der Waals surface area contributed by atoms with Gasteiger partial charge >= 0.3 is 0 Å². The summed E-state index contributed by atoms with van der Waals surface area (Å²) in [7, 11) is 4.66. The number of hydrogen-bond donors (Lipinski definition) is 0. The van der Waals surface area contributed by atoms with Gasteiger partial charge in [-0.3, -0.25) is 9.69 Å². The van der Waals surface area contributed by atoms with Gasteiger partial charge in [0.1, 0.15) is 11.5 Å². The summed E-state index contributed by atoms with van der Waals surface area (Å²) in [5, 5.41) is 0. The predicted molar refractivity (Wildman–Crippen MR) is 121 cm³/mol. The average molecular weight is 414 g/mol. The molecule has 4 rings (SSSR count). The van der Waals surface area contributed by atoms with Gasteiger partial charge in [-0.25, -0.2) is 4.99 Å². The van der Waals surface area contributed by atoms with Crippen LogP contribution in [0, 0.1) is 0 Å². The molecule has 1 heterocycles. The molecule has 0 fully saturated rings. The van der Waals surface area contributed by atoms with E-state index >= 15 is 0 Å². The Morgan fingerprint density at radius 1 is 0.806 bits per heavy atom. The van der Waals surface area contributed by atoms with Crippen molar-refractivity contribution in [2.45, 2.75) is 0 Å². The molecule has 1 aliphatic rings. The number of carbonyl (C=O) groups is 1. The highest BCUT2D eigenvalue weighted by molar-refractivity contribution is 6.33. The predicted octanol–water partition coefficient (Wildman–Crippen LogP) is 4.55. The molecule has 0 atom stereocenters. The number of ether oxygens (including phenoxy) is 3. The second-order valence-electron chi connectivity index (χ2n) is 6.77. The van der Waals surface area contributed by atoms with E-state index in [4.69, 9.17) is 14.2 Å². The molecule has 0 bridgehead atoms. The maximum Gasteiger partial charge on any atom is 0.282 e. The van der Waals surface area contributed by atoms with E-state index in [0.29, 0.717) is 34.3 Å². The lowest BCUT2D eigenvalue weighted by Crippen LogP contribution is -2.32. The van der Waals surface area contributed by atoms with Gasteiger partial charge in [-0.1, -0.05) is 48.5 Å². The minimum Gasteiger partial charge on any atom is -0.493 e. The highest BCUT2D eigenvalue weighted by Crippen LogP contribution is 2.39. The van der Waals surface area contributed by atoms with Crippen molar-refractivity contribution in [3.63, 3.8) is 0 Å². The van der Waals surface area contributed by atoms with E-state index in [1.165, 1.54) is 0 Å². The molecule has 0 aromatic heterocycles. The molecule has 0 spiro atoms. The highest BCUT2D eigenvalue weighted by Gasteiger charge is 2.32. The zero-order chi connectivity index (χ0) is 21.8. The lowest BCUT2D eigenvalue weighted by molar-refractivity contribution is -0.113. The number of aliphatic imine (C=N–C) groups is 1.